The minimum Gasteiger partial charge on any atom is -0.380 e. The van der Waals surface area contributed by atoms with Crippen LogP contribution in [0.25, 0.3) is 0 Å². The van der Waals surface area contributed by atoms with Crippen molar-refractivity contribution in [3.05, 3.63) is 24.3 Å². The molecule has 0 aromatic heterocycles. The molecular weight excluding hydrogens is 156 g/mol. The molecule has 0 fully saturated rings. The molecule has 0 aromatic rings. The van der Waals surface area contributed by atoms with E-state index in [1.165, 1.54) is 14.2 Å². The summed E-state index contributed by atoms with van der Waals surface area (Å²) < 4.78 is 9.50. The number of ketones is 1. The molecule has 3 heteroatoms. The fourth-order valence-electron chi connectivity index (χ4n) is 0.730. The summed E-state index contributed by atoms with van der Waals surface area (Å²) in [6.07, 6.45) is 0. The first-order chi connectivity index (χ1) is 5.63. The molecule has 0 aliphatic rings. The topological polar surface area (TPSA) is 35.5 Å². The number of carbonyl (C=O) groups excluding carboxylic acids is 1. The van der Waals surface area contributed by atoms with Crippen LogP contribution < -0.4 is 0 Å². The van der Waals surface area contributed by atoms with Gasteiger partial charge in [0, 0.05) is 25.4 Å². The van der Waals surface area contributed by atoms with Crippen LogP contribution in [-0.2, 0) is 14.3 Å². The van der Waals surface area contributed by atoms with E-state index in [0.717, 1.165) is 0 Å². The molecule has 0 saturated heterocycles. The Morgan fingerprint density at radius 3 is 1.67 bits per heavy atom. The molecule has 0 aliphatic heterocycles. The molecule has 0 saturated carbocycles. The second-order valence-corrected chi connectivity index (χ2v) is 2.40. The summed E-state index contributed by atoms with van der Waals surface area (Å²) in [5.74, 6) is -0.182. The summed E-state index contributed by atoms with van der Waals surface area (Å²) in [6.45, 7) is 7.59. The van der Waals surface area contributed by atoms with Crippen molar-refractivity contribution in [2.24, 2.45) is 0 Å². The van der Waals surface area contributed by atoms with E-state index in [0.29, 0.717) is 11.1 Å². The Hall–Kier alpha value is -0.930. The van der Waals surface area contributed by atoms with Crippen molar-refractivity contribution in [3.8, 4) is 0 Å². The Bertz CT molecular complexity index is 174. The lowest BCUT2D eigenvalue weighted by molar-refractivity contribution is -0.113. The molecule has 0 aromatic carbocycles. The normalized spacial score (nSPS) is 9.50. The zero-order valence-corrected chi connectivity index (χ0v) is 7.55. The van der Waals surface area contributed by atoms with E-state index in [1.54, 1.807) is 0 Å². The Balaban J connectivity index is 4.01. The van der Waals surface area contributed by atoms with Crippen molar-refractivity contribution in [1.29, 1.82) is 0 Å². The molecule has 3 nitrogen and oxygen atoms in total. The van der Waals surface area contributed by atoms with Gasteiger partial charge in [0.1, 0.15) is 0 Å². The van der Waals surface area contributed by atoms with Crippen molar-refractivity contribution < 1.29 is 14.3 Å². The van der Waals surface area contributed by atoms with Crippen LogP contribution in [0, 0.1) is 0 Å². The summed E-state index contributed by atoms with van der Waals surface area (Å²) >= 11 is 0. The van der Waals surface area contributed by atoms with Crippen LogP contribution in [0.4, 0.5) is 0 Å². The molecule has 0 spiro atoms. The highest BCUT2D eigenvalue weighted by molar-refractivity contribution is 6.07. The third-order valence-corrected chi connectivity index (χ3v) is 1.28. The second kappa shape index (κ2) is 5.69. The van der Waals surface area contributed by atoms with E-state index in [2.05, 4.69) is 13.2 Å². The Kier molecular flexibility index (Phi) is 5.25. The van der Waals surface area contributed by atoms with Gasteiger partial charge in [-0.1, -0.05) is 13.2 Å². The van der Waals surface area contributed by atoms with Crippen LogP contribution in [0.5, 0.6) is 0 Å². The Labute approximate surface area is 72.7 Å². The van der Waals surface area contributed by atoms with Crippen molar-refractivity contribution in [3.63, 3.8) is 0 Å². The van der Waals surface area contributed by atoms with E-state index in [9.17, 15) is 4.79 Å². The molecule has 0 unspecified atom stereocenters. The molecule has 0 N–H and O–H groups in total. The van der Waals surface area contributed by atoms with Crippen molar-refractivity contribution in [2.75, 3.05) is 27.4 Å². The number of rotatable bonds is 6. The zero-order valence-electron chi connectivity index (χ0n) is 7.55. The Morgan fingerprint density at radius 1 is 1.08 bits per heavy atom. The number of hydrogen-bond donors (Lipinski definition) is 0. The molecule has 12 heavy (non-hydrogen) atoms. The van der Waals surface area contributed by atoms with E-state index >= 15 is 0 Å². The van der Waals surface area contributed by atoms with Gasteiger partial charge in [0.15, 0.2) is 5.78 Å². The monoisotopic (exact) mass is 170 g/mol. The van der Waals surface area contributed by atoms with E-state index < -0.39 is 0 Å². The fourth-order valence-corrected chi connectivity index (χ4v) is 0.730. The maximum atomic E-state index is 11.3. The van der Waals surface area contributed by atoms with Gasteiger partial charge in [-0.25, -0.2) is 0 Å². The first-order valence-corrected chi connectivity index (χ1v) is 3.51. The van der Waals surface area contributed by atoms with Crippen LogP contribution in [0.3, 0.4) is 0 Å². The predicted octanol–water partition coefficient (Wildman–Crippen LogP) is 0.961. The van der Waals surface area contributed by atoms with E-state index in [4.69, 9.17) is 9.47 Å². The minimum absolute atomic E-state index is 0.182. The molecule has 0 radical (unpaired) electrons. The average molecular weight is 170 g/mol. The van der Waals surface area contributed by atoms with E-state index in [-0.39, 0.29) is 19.0 Å². The highest BCUT2D eigenvalue weighted by Gasteiger charge is 2.10. The van der Waals surface area contributed by atoms with Gasteiger partial charge in [-0.05, 0) is 0 Å². The molecule has 0 heterocycles. The minimum atomic E-state index is -0.182. The lowest BCUT2D eigenvalue weighted by Crippen LogP contribution is -2.12. The fraction of sp³-hybridized carbons (Fsp3) is 0.444. The van der Waals surface area contributed by atoms with Crippen molar-refractivity contribution in [2.45, 2.75) is 0 Å². The van der Waals surface area contributed by atoms with Gasteiger partial charge in [-0.3, -0.25) is 4.79 Å². The van der Waals surface area contributed by atoms with Gasteiger partial charge in [-0.2, -0.15) is 0 Å². The van der Waals surface area contributed by atoms with Gasteiger partial charge in [0.25, 0.3) is 0 Å². The van der Waals surface area contributed by atoms with Crippen LogP contribution in [0.15, 0.2) is 24.3 Å². The first kappa shape index (κ1) is 11.1. The zero-order chi connectivity index (χ0) is 9.56. The predicted molar refractivity (Wildman–Crippen MR) is 47.0 cm³/mol. The van der Waals surface area contributed by atoms with Gasteiger partial charge in [-0.15, -0.1) is 0 Å². The molecule has 0 rings (SSSR count). The molecule has 0 aliphatic carbocycles. The highest BCUT2D eigenvalue weighted by atomic mass is 16.5. The van der Waals surface area contributed by atoms with Gasteiger partial charge in [0.05, 0.1) is 13.2 Å². The third kappa shape index (κ3) is 3.46. The lowest BCUT2D eigenvalue weighted by atomic mass is 10.1. The molecule has 0 atom stereocenters. The van der Waals surface area contributed by atoms with Crippen LogP contribution >= 0.6 is 0 Å². The van der Waals surface area contributed by atoms with Crippen molar-refractivity contribution in [1.82, 2.24) is 0 Å². The number of ether oxygens (including phenoxy) is 2. The summed E-state index contributed by atoms with van der Waals surface area (Å²) in [5, 5.41) is 0. The standard InChI is InChI=1S/C9H14O3/c1-7(5-11-3)9(10)8(2)6-12-4/h1-2,5-6H2,3-4H3. The first-order valence-electron chi connectivity index (χ1n) is 3.51. The molecule has 0 bridgehead atoms. The van der Waals surface area contributed by atoms with Gasteiger partial charge >= 0.3 is 0 Å². The van der Waals surface area contributed by atoms with Crippen molar-refractivity contribution >= 4 is 5.78 Å². The second-order valence-electron chi connectivity index (χ2n) is 2.40. The average Bonchev–Trinajstić information content (AvgIpc) is 2.04. The number of Topliss-reactive ketones (excluding diaryl/α,β-unsaturated/α-hetero) is 1. The summed E-state index contributed by atoms with van der Waals surface area (Å²) in [6, 6.07) is 0. The summed E-state index contributed by atoms with van der Waals surface area (Å²) in [4.78, 5) is 11.3. The van der Waals surface area contributed by atoms with Crippen LogP contribution in [0.2, 0.25) is 0 Å². The molecule has 68 valence electrons. The number of methoxy groups -OCH3 is 2. The highest BCUT2D eigenvalue weighted by Crippen LogP contribution is 2.02. The maximum absolute atomic E-state index is 11.3. The SMILES string of the molecule is C=C(COC)C(=O)C(=C)COC. The maximum Gasteiger partial charge on any atom is 0.188 e. The van der Waals surface area contributed by atoms with Crippen LogP contribution in [-0.4, -0.2) is 33.2 Å². The third-order valence-electron chi connectivity index (χ3n) is 1.28. The lowest BCUT2D eigenvalue weighted by Gasteiger charge is -2.04. The van der Waals surface area contributed by atoms with Crippen LogP contribution in [0.1, 0.15) is 0 Å². The summed E-state index contributed by atoms with van der Waals surface area (Å²) in [5.41, 5.74) is 0.805. The number of carbonyl (C=O) groups is 1. The Morgan fingerprint density at radius 2 is 1.42 bits per heavy atom. The molecule has 0 amide bonds. The van der Waals surface area contributed by atoms with E-state index in [1.807, 2.05) is 0 Å². The smallest absolute Gasteiger partial charge is 0.188 e. The van der Waals surface area contributed by atoms with Gasteiger partial charge in [0.2, 0.25) is 0 Å². The largest absolute Gasteiger partial charge is 0.380 e. The molecular formula is C9H14O3. The number of hydrogen-bond acceptors (Lipinski definition) is 3. The quantitative estimate of drug-likeness (QED) is 0.557. The van der Waals surface area contributed by atoms with Gasteiger partial charge < -0.3 is 9.47 Å². The summed E-state index contributed by atoms with van der Waals surface area (Å²) in [7, 11) is 3.02.